The number of hydrogen-bond donors (Lipinski definition) is 2. The van der Waals surface area contributed by atoms with Gasteiger partial charge in [0.25, 0.3) is 0 Å². The maximum atomic E-state index is 12.5. The molecule has 0 bridgehead atoms. The molecule has 0 saturated carbocycles. The molecular formula is C17H16N4O2S. The van der Waals surface area contributed by atoms with Crippen molar-refractivity contribution in [2.75, 3.05) is 5.32 Å². The van der Waals surface area contributed by atoms with Crippen molar-refractivity contribution in [3.8, 4) is 17.0 Å². The van der Waals surface area contributed by atoms with E-state index < -0.39 is 0 Å². The zero-order valence-electron chi connectivity index (χ0n) is 12.8. The number of phenolic OH excluding ortho intramolecular Hbond substituents is 1. The summed E-state index contributed by atoms with van der Waals surface area (Å²) in [6.07, 6.45) is 5.14. The first-order valence-electron chi connectivity index (χ1n) is 7.74. The molecule has 1 aliphatic rings. The first-order valence-corrected chi connectivity index (χ1v) is 8.62. The number of benzene rings is 1. The Hall–Kier alpha value is -2.67. The van der Waals surface area contributed by atoms with Crippen molar-refractivity contribution in [2.45, 2.75) is 19.4 Å². The zero-order valence-corrected chi connectivity index (χ0v) is 13.7. The first kappa shape index (κ1) is 14.9. The van der Waals surface area contributed by atoms with Gasteiger partial charge in [-0.05, 0) is 18.6 Å². The van der Waals surface area contributed by atoms with Crippen molar-refractivity contribution in [1.82, 2.24) is 14.5 Å². The Balaban J connectivity index is 1.45. The highest BCUT2D eigenvalue weighted by atomic mass is 32.1. The molecule has 0 radical (unpaired) electrons. The van der Waals surface area contributed by atoms with E-state index in [1.807, 2.05) is 24.0 Å². The number of anilines is 1. The standard InChI is InChI=1S/C17H16N4O2S/c22-14-3-1-2-11(7-14)15-9-24-17(19-15)20-16(23)12-4-5-21-10-18-8-13(21)6-12/h1-3,7-10,12,22H,4-6H2,(H,19,20,23). The lowest BCUT2D eigenvalue weighted by Gasteiger charge is -2.22. The Bertz CT molecular complexity index is 886. The maximum absolute atomic E-state index is 12.5. The summed E-state index contributed by atoms with van der Waals surface area (Å²) in [4.78, 5) is 21.1. The number of nitrogens with zero attached hydrogens (tertiary/aromatic N) is 3. The molecule has 4 rings (SSSR count). The molecule has 122 valence electrons. The van der Waals surface area contributed by atoms with Gasteiger partial charge in [0.1, 0.15) is 5.75 Å². The first-order chi connectivity index (χ1) is 11.7. The lowest BCUT2D eigenvalue weighted by molar-refractivity contribution is -0.120. The van der Waals surface area contributed by atoms with Gasteiger partial charge in [-0.25, -0.2) is 9.97 Å². The average Bonchev–Trinajstić information content (AvgIpc) is 3.23. The van der Waals surface area contributed by atoms with E-state index in [2.05, 4.69) is 19.9 Å². The fraction of sp³-hybridized carbons (Fsp3) is 0.235. The van der Waals surface area contributed by atoms with Gasteiger partial charge in [0.05, 0.1) is 12.0 Å². The number of aromatic nitrogens is 3. The minimum Gasteiger partial charge on any atom is -0.508 e. The van der Waals surface area contributed by atoms with Crippen molar-refractivity contribution >= 4 is 22.4 Å². The molecule has 3 aromatic rings. The number of carbonyl (C=O) groups excluding carboxylic acids is 1. The van der Waals surface area contributed by atoms with Crippen molar-refractivity contribution < 1.29 is 9.90 Å². The number of nitrogens with one attached hydrogen (secondary N) is 1. The number of aromatic hydroxyl groups is 1. The number of thiazole rings is 1. The molecule has 0 fully saturated rings. The Kier molecular flexibility index (Phi) is 3.78. The largest absolute Gasteiger partial charge is 0.508 e. The molecule has 1 amide bonds. The van der Waals surface area contributed by atoms with Gasteiger partial charge < -0.3 is 15.0 Å². The molecule has 0 aliphatic carbocycles. The van der Waals surface area contributed by atoms with Crippen molar-refractivity contribution in [1.29, 1.82) is 0 Å². The molecule has 2 N–H and O–H groups in total. The van der Waals surface area contributed by atoms with Crippen LogP contribution in [0.1, 0.15) is 12.1 Å². The van der Waals surface area contributed by atoms with Gasteiger partial charge in [-0.3, -0.25) is 4.79 Å². The van der Waals surface area contributed by atoms with E-state index in [1.54, 1.807) is 18.2 Å². The average molecular weight is 340 g/mol. The van der Waals surface area contributed by atoms with Crippen LogP contribution in [0.5, 0.6) is 5.75 Å². The smallest absolute Gasteiger partial charge is 0.229 e. The van der Waals surface area contributed by atoms with Gasteiger partial charge in [0, 0.05) is 41.7 Å². The molecular weight excluding hydrogens is 324 g/mol. The van der Waals surface area contributed by atoms with Gasteiger partial charge in [0.15, 0.2) is 5.13 Å². The summed E-state index contributed by atoms with van der Waals surface area (Å²) in [6.45, 7) is 0.819. The van der Waals surface area contributed by atoms with E-state index >= 15 is 0 Å². The number of fused-ring (bicyclic) bond motifs is 1. The summed E-state index contributed by atoms with van der Waals surface area (Å²) in [7, 11) is 0. The molecule has 1 atom stereocenters. The molecule has 24 heavy (non-hydrogen) atoms. The summed E-state index contributed by atoms with van der Waals surface area (Å²) in [6, 6.07) is 6.92. The van der Waals surface area contributed by atoms with Crippen LogP contribution in [0, 0.1) is 5.92 Å². The number of amides is 1. The second kappa shape index (κ2) is 6.09. The van der Waals surface area contributed by atoms with E-state index in [-0.39, 0.29) is 17.6 Å². The lowest BCUT2D eigenvalue weighted by atomic mass is 9.95. The van der Waals surface area contributed by atoms with E-state index in [4.69, 9.17) is 0 Å². The molecule has 2 aromatic heterocycles. The van der Waals surface area contributed by atoms with Gasteiger partial charge in [0.2, 0.25) is 5.91 Å². The van der Waals surface area contributed by atoms with E-state index in [0.717, 1.165) is 29.9 Å². The van der Waals surface area contributed by atoms with Crippen LogP contribution in [0.25, 0.3) is 11.3 Å². The predicted molar refractivity (Wildman–Crippen MR) is 91.9 cm³/mol. The second-order valence-corrected chi connectivity index (χ2v) is 6.70. The lowest BCUT2D eigenvalue weighted by Crippen LogP contribution is -2.29. The number of imidazole rings is 1. The second-order valence-electron chi connectivity index (χ2n) is 5.85. The van der Waals surface area contributed by atoms with Crippen molar-refractivity contribution in [2.24, 2.45) is 5.92 Å². The maximum Gasteiger partial charge on any atom is 0.229 e. The molecule has 0 saturated heterocycles. The summed E-state index contributed by atoms with van der Waals surface area (Å²) in [5.41, 5.74) is 2.67. The van der Waals surface area contributed by atoms with Crippen LogP contribution >= 0.6 is 11.3 Å². The van der Waals surface area contributed by atoms with Crippen LogP contribution in [0.2, 0.25) is 0 Å². The Morgan fingerprint density at radius 3 is 3.21 bits per heavy atom. The minimum absolute atomic E-state index is 0.000686. The van der Waals surface area contributed by atoms with Crippen LogP contribution in [0.4, 0.5) is 5.13 Å². The Morgan fingerprint density at radius 2 is 2.33 bits per heavy atom. The highest BCUT2D eigenvalue weighted by Gasteiger charge is 2.25. The van der Waals surface area contributed by atoms with E-state index in [1.165, 1.54) is 11.3 Å². The summed E-state index contributed by atoms with van der Waals surface area (Å²) in [5.74, 6) is 0.145. The van der Waals surface area contributed by atoms with Gasteiger partial charge in [-0.1, -0.05) is 12.1 Å². The molecule has 3 heterocycles. The molecule has 1 aliphatic heterocycles. The summed E-state index contributed by atoms with van der Waals surface area (Å²) >= 11 is 1.39. The summed E-state index contributed by atoms with van der Waals surface area (Å²) < 4.78 is 2.09. The van der Waals surface area contributed by atoms with Crippen molar-refractivity contribution in [3.05, 3.63) is 47.9 Å². The number of carbonyl (C=O) groups is 1. The third-order valence-corrected chi connectivity index (χ3v) is 4.98. The monoisotopic (exact) mass is 340 g/mol. The zero-order chi connectivity index (χ0) is 16.5. The number of phenols is 1. The van der Waals surface area contributed by atoms with Crippen LogP contribution in [-0.2, 0) is 17.8 Å². The number of hydrogen-bond acceptors (Lipinski definition) is 5. The Labute approximate surface area is 142 Å². The van der Waals surface area contributed by atoms with Crippen LogP contribution in [0.15, 0.2) is 42.2 Å². The van der Waals surface area contributed by atoms with E-state index in [0.29, 0.717) is 11.6 Å². The number of aryl methyl sites for hydroxylation is 1. The normalized spacial score (nSPS) is 16.6. The highest BCUT2D eigenvalue weighted by Crippen LogP contribution is 2.28. The quantitative estimate of drug-likeness (QED) is 0.768. The van der Waals surface area contributed by atoms with Crippen LogP contribution < -0.4 is 5.32 Å². The van der Waals surface area contributed by atoms with Crippen LogP contribution in [-0.4, -0.2) is 25.5 Å². The van der Waals surface area contributed by atoms with Gasteiger partial charge in [-0.15, -0.1) is 11.3 Å². The SMILES string of the molecule is O=C(Nc1nc(-c2cccc(O)c2)cs1)C1CCn2cncc2C1. The third-order valence-electron chi connectivity index (χ3n) is 4.22. The molecule has 7 heteroatoms. The van der Waals surface area contributed by atoms with Gasteiger partial charge >= 0.3 is 0 Å². The minimum atomic E-state index is -0.0534. The molecule has 1 unspecified atom stereocenters. The Morgan fingerprint density at radius 1 is 1.42 bits per heavy atom. The fourth-order valence-electron chi connectivity index (χ4n) is 2.93. The molecule has 0 spiro atoms. The van der Waals surface area contributed by atoms with Crippen molar-refractivity contribution in [3.63, 3.8) is 0 Å². The van der Waals surface area contributed by atoms with E-state index in [9.17, 15) is 9.90 Å². The van der Waals surface area contributed by atoms with Gasteiger partial charge in [-0.2, -0.15) is 0 Å². The molecule has 6 nitrogen and oxygen atoms in total. The topological polar surface area (TPSA) is 80.0 Å². The third kappa shape index (κ3) is 2.90. The molecule has 1 aromatic carbocycles. The highest BCUT2D eigenvalue weighted by molar-refractivity contribution is 7.14. The fourth-order valence-corrected chi connectivity index (χ4v) is 3.65. The summed E-state index contributed by atoms with van der Waals surface area (Å²) in [5, 5.41) is 14.9. The number of rotatable bonds is 3. The predicted octanol–water partition coefficient (Wildman–Crippen LogP) is 2.91. The van der Waals surface area contributed by atoms with Crippen LogP contribution in [0.3, 0.4) is 0 Å².